The summed E-state index contributed by atoms with van der Waals surface area (Å²) < 4.78 is 5.31. The van der Waals surface area contributed by atoms with Gasteiger partial charge in [-0.3, -0.25) is 9.59 Å². The molecule has 0 aliphatic carbocycles. The highest BCUT2D eigenvalue weighted by molar-refractivity contribution is 7.98. The van der Waals surface area contributed by atoms with Crippen molar-refractivity contribution in [3.05, 3.63) is 66.5 Å². The van der Waals surface area contributed by atoms with E-state index in [1.807, 2.05) is 42.7 Å². The summed E-state index contributed by atoms with van der Waals surface area (Å²) >= 11 is 1.61. The molecule has 2 amide bonds. The molecular formula is C24H24N4O3S. The van der Waals surface area contributed by atoms with E-state index in [0.29, 0.717) is 17.9 Å². The molecule has 1 atom stereocenters. The number of nitrogens with one attached hydrogen (secondary N) is 3. The minimum Gasteiger partial charge on any atom is -0.495 e. The van der Waals surface area contributed by atoms with Gasteiger partial charge in [0.25, 0.3) is 5.91 Å². The summed E-state index contributed by atoms with van der Waals surface area (Å²) in [4.78, 5) is 33.6. The van der Waals surface area contributed by atoms with Gasteiger partial charge >= 0.3 is 0 Å². The van der Waals surface area contributed by atoms with Crippen LogP contribution in [0.1, 0.15) is 16.9 Å². The predicted octanol–water partition coefficient (Wildman–Crippen LogP) is 4.21. The molecule has 0 aliphatic rings. The third-order valence-corrected chi connectivity index (χ3v) is 5.86. The van der Waals surface area contributed by atoms with Crippen LogP contribution in [0.15, 0.2) is 60.8 Å². The van der Waals surface area contributed by atoms with Gasteiger partial charge in [-0.1, -0.05) is 30.3 Å². The normalized spacial score (nSPS) is 11.9. The summed E-state index contributed by atoms with van der Waals surface area (Å²) in [5.74, 6) is 0.588. The van der Waals surface area contributed by atoms with Crippen molar-refractivity contribution in [2.24, 2.45) is 0 Å². The van der Waals surface area contributed by atoms with E-state index in [0.717, 1.165) is 27.6 Å². The van der Waals surface area contributed by atoms with Crippen LogP contribution in [0, 0.1) is 0 Å². The topological polar surface area (TPSA) is 96.1 Å². The number of para-hydroxylation sites is 3. The number of aromatic amines is 1. The molecule has 0 spiro atoms. The molecule has 2 aromatic heterocycles. The Morgan fingerprint density at radius 2 is 1.88 bits per heavy atom. The van der Waals surface area contributed by atoms with Gasteiger partial charge < -0.3 is 20.4 Å². The van der Waals surface area contributed by atoms with Gasteiger partial charge in [-0.05, 0) is 42.7 Å². The molecule has 2 aromatic carbocycles. The summed E-state index contributed by atoms with van der Waals surface area (Å²) in [6, 6.07) is 16.1. The van der Waals surface area contributed by atoms with Crippen LogP contribution in [0.3, 0.4) is 0 Å². The van der Waals surface area contributed by atoms with Crippen molar-refractivity contribution in [3.63, 3.8) is 0 Å². The minimum absolute atomic E-state index is 0.265. The van der Waals surface area contributed by atoms with E-state index in [2.05, 4.69) is 20.6 Å². The highest BCUT2D eigenvalue weighted by Gasteiger charge is 2.23. The van der Waals surface area contributed by atoms with Crippen molar-refractivity contribution >= 4 is 51.1 Å². The zero-order valence-corrected chi connectivity index (χ0v) is 18.7. The lowest BCUT2D eigenvalue weighted by Gasteiger charge is -2.19. The molecule has 2 heterocycles. The fourth-order valence-electron chi connectivity index (χ4n) is 3.58. The summed E-state index contributed by atoms with van der Waals surface area (Å²) in [7, 11) is 1.55. The number of H-pyrrole nitrogens is 1. The van der Waals surface area contributed by atoms with Crippen molar-refractivity contribution in [2.75, 3.05) is 24.4 Å². The SMILES string of the molecule is COc1ccccc1NC(=O)C(CCSC)NC(=O)c1cc2c(cn1)[nH]c1ccccc12. The zero-order chi connectivity index (χ0) is 22.5. The summed E-state index contributed by atoms with van der Waals surface area (Å²) in [6.45, 7) is 0. The molecular weight excluding hydrogens is 424 g/mol. The van der Waals surface area contributed by atoms with Gasteiger partial charge in [0.05, 0.1) is 24.5 Å². The van der Waals surface area contributed by atoms with Crippen LogP contribution < -0.4 is 15.4 Å². The molecule has 32 heavy (non-hydrogen) atoms. The van der Waals surface area contributed by atoms with E-state index < -0.39 is 11.9 Å². The maximum Gasteiger partial charge on any atom is 0.270 e. The van der Waals surface area contributed by atoms with Gasteiger partial charge in [0.2, 0.25) is 5.91 Å². The fraction of sp³-hybridized carbons (Fsp3) is 0.208. The van der Waals surface area contributed by atoms with Gasteiger partial charge in [0.1, 0.15) is 17.5 Å². The fourth-order valence-corrected chi connectivity index (χ4v) is 4.05. The Hall–Kier alpha value is -3.52. The minimum atomic E-state index is -0.708. The smallest absolute Gasteiger partial charge is 0.270 e. The maximum absolute atomic E-state index is 13.0. The van der Waals surface area contributed by atoms with E-state index in [1.54, 1.807) is 43.3 Å². The molecule has 0 bridgehead atoms. The maximum atomic E-state index is 13.0. The van der Waals surface area contributed by atoms with Crippen LogP contribution in [0.5, 0.6) is 5.75 Å². The summed E-state index contributed by atoms with van der Waals surface area (Å²) in [6.07, 6.45) is 4.10. The molecule has 4 aromatic rings. The lowest BCUT2D eigenvalue weighted by Crippen LogP contribution is -2.44. The number of carbonyl (C=O) groups is 2. The third kappa shape index (κ3) is 4.55. The van der Waals surface area contributed by atoms with Crippen LogP contribution >= 0.6 is 11.8 Å². The number of hydrogen-bond donors (Lipinski definition) is 3. The van der Waals surface area contributed by atoms with Gasteiger partial charge in [-0.25, -0.2) is 4.98 Å². The number of carbonyl (C=O) groups excluding carboxylic acids is 2. The number of rotatable bonds is 8. The van der Waals surface area contributed by atoms with Crippen molar-refractivity contribution in [1.29, 1.82) is 0 Å². The summed E-state index contributed by atoms with van der Waals surface area (Å²) in [5.41, 5.74) is 2.66. The first-order valence-corrected chi connectivity index (χ1v) is 11.6. The molecule has 164 valence electrons. The Morgan fingerprint density at radius 1 is 1.09 bits per heavy atom. The lowest BCUT2D eigenvalue weighted by atomic mass is 10.1. The second-order valence-electron chi connectivity index (χ2n) is 7.28. The Kier molecular flexibility index (Phi) is 6.61. The highest BCUT2D eigenvalue weighted by atomic mass is 32.2. The third-order valence-electron chi connectivity index (χ3n) is 5.22. The number of nitrogens with zero attached hydrogens (tertiary/aromatic N) is 1. The monoisotopic (exact) mass is 448 g/mol. The number of aromatic nitrogens is 2. The van der Waals surface area contributed by atoms with Crippen molar-refractivity contribution < 1.29 is 14.3 Å². The number of amides is 2. The Bertz CT molecular complexity index is 1270. The first-order valence-electron chi connectivity index (χ1n) is 10.2. The molecule has 8 heteroatoms. The van der Waals surface area contributed by atoms with Gasteiger partial charge in [0.15, 0.2) is 0 Å². The first-order chi connectivity index (χ1) is 15.6. The average molecular weight is 449 g/mol. The second-order valence-corrected chi connectivity index (χ2v) is 8.27. The number of hydrogen-bond acceptors (Lipinski definition) is 5. The second kappa shape index (κ2) is 9.74. The molecule has 0 fully saturated rings. The first kappa shape index (κ1) is 21.7. The average Bonchev–Trinajstić information content (AvgIpc) is 3.19. The van der Waals surface area contributed by atoms with Crippen molar-refractivity contribution in [3.8, 4) is 5.75 Å². The molecule has 0 radical (unpaired) electrons. The molecule has 0 aliphatic heterocycles. The van der Waals surface area contributed by atoms with Crippen LogP contribution in [-0.4, -0.2) is 46.9 Å². The Balaban J connectivity index is 1.56. The summed E-state index contributed by atoms with van der Waals surface area (Å²) in [5, 5.41) is 7.65. The van der Waals surface area contributed by atoms with Crippen molar-refractivity contribution in [2.45, 2.75) is 12.5 Å². The number of benzene rings is 2. The number of fused-ring (bicyclic) bond motifs is 3. The number of methoxy groups -OCH3 is 1. The molecule has 0 saturated carbocycles. The van der Waals surface area contributed by atoms with E-state index in [-0.39, 0.29) is 11.6 Å². The van der Waals surface area contributed by atoms with Crippen LogP contribution in [0.4, 0.5) is 5.69 Å². The zero-order valence-electron chi connectivity index (χ0n) is 17.8. The number of thioether (sulfide) groups is 1. The molecule has 7 nitrogen and oxygen atoms in total. The molecule has 3 N–H and O–H groups in total. The number of pyridine rings is 1. The van der Waals surface area contributed by atoms with E-state index in [4.69, 9.17) is 4.74 Å². The number of ether oxygens (including phenoxy) is 1. The standard InChI is InChI=1S/C24H24N4O3S/c1-31-22-10-6-5-9-18(22)27-23(29)19(11-12-32-2)28-24(30)20-13-16-15-7-3-4-8-17(15)26-21(16)14-25-20/h3-10,13-14,19,26H,11-12H2,1-2H3,(H,27,29)(H,28,30). The van der Waals surface area contributed by atoms with Gasteiger partial charge in [0, 0.05) is 16.3 Å². The van der Waals surface area contributed by atoms with Crippen LogP contribution in [0.2, 0.25) is 0 Å². The van der Waals surface area contributed by atoms with E-state index >= 15 is 0 Å². The number of anilines is 1. The Labute approximate surface area is 189 Å². The van der Waals surface area contributed by atoms with E-state index in [1.165, 1.54) is 0 Å². The highest BCUT2D eigenvalue weighted by Crippen LogP contribution is 2.25. The van der Waals surface area contributed by atoms with Gasteiger partial charge in [-0.15, -0.1) is 0 Å². The lowest BCUT2D eigenvalue weighted by molar-refractivity contribution is -0.118. The van der Waals surface area contributed by atoms with Gasteiger partial charge in [-0.2, -0.15) is 11.8 Å². The largest absolute Gasteiger partial charge is 0.495 e. The van der Waals surface area contributed by atoms with Crippen LogP contribution in [0.25, 0.3) is 21.8 Å². The molecule has 4 rings (SSSR count). The van der Waals surface area contributed by atoms with Crippen LogP contribution in [-0.2, 0) is 4.79 Å². The van der Waals surface area contributed by atoms with E-state index in [9.17, 15) is 9.59 Å². The van der Waals surface area contributed by atoms with Crippen molar-refractivity contribution in [1.82, 2.24) is 15.3 Å². The quantitative estimate of drug-likeness (QED) is 0.375. The predicted molar refractivity (Wildman–Crippen MR) is 129 cm³/mol. The molecule has 0 saturated heterocycles. The molecule has 1 unspecified atom stereocenters. The Morgan fingerprint density at radius 3 is 2.69 bits per heavy atom.